The summed E-state index contributed by atoms with van der Waals surface area (Å²) in [6.45, 7) is -0.0925. The maximum Gasteiger partial charge on any atom is 0.270 e. The Hall–Kier alpha value is -2.54. The molecule has 1 aliphatic rings. The van der Waals surface area contributed by atoms with Crippen LogP contribution in [0.3, 0.4) is 0 Å². The van der Waals surface area contributed by atoms with Crippen LogP contribution in [0.2, 0.25) is 4.34 Å². The third-order valence-electron chi connectivity index (χ3n) is 3.87. The smallest absolute Gasteiger partial charge is 0.270 e. The molecule has 10 nitrogen and oxygen atoms in total. The number of carbonyl (C=O) groups excluding carboxylic acids is 1. The van der Waals surface area contributed by atoms with Gasteiger partial charge in [-0.15, -0.1) is 11.3 Å². The zero-order chi connectivity index (χ0) is 21.0. The van der Waals surface area contributed by atoms with Gasteiger partial charge in [0.25, 0.3) is 11.6 Å². The molecule has 1 aromatic heterocycles. The van der Waals surface area contributed by atoms with Gasteiger partial charge in [-0.1, -0.05) is 22.8 Å². The predicted octanol–water partition coefficient (Wildman–Crippen LogP) is 1.90. The predicted molar refractivity (Wildman–Crippen MR) is 107 cm³/mol. The number of thiophene rings is 1. The molecule has 0 spiro atoms. The number of sulfonamides is 1. The maximum absolute atomic E-state index is 12.2. The zero-order valence-electron chi connectivity index (χ0n) is 14.7. The molecule has 1 atom stereocenters. The highest BCUT2D eigenvalue weighted by molar-refractivity contribution is 7.89. The Kier molecular flexibility index (Phi) is 6.47. The van der Waals surface area contributed by atoms with Gasteiger partial charge >= 0.3 is 0 Å². The van der Waals surface area contributed by atoms with Crippen molar-refractivity contribution in [2.24, 2.45) is 5.16 Å². The zero-order valence-corrected chi connectivity index (χ0v) is 17.1. The first-order chi connectivity index (χ1) is 13.8. The van der Waals surface area contributed by atoms with Gasteiger partial charge in [-0.2, -0.15) is 0 Å². The van der Waals surface area contributed by atoms with Crippen molar-refractivity contribution in [3.8, 4) is 0 Å². The second-order valence-electron chi connectivity index (χ2n) is 5.88. The molecule has 1 aliphatic heterocycles. The summed E-state index contributed by atoms with van der Waals surface area (Å²) in [7, 11) is -3.95. The average Bonchev–Trinajstić information content (AvgIpc) is 3.34. The fraction of sp³-hybridized carbons (Fsp3) is 0.250. The fourth-order valence-electron chi connectivity index (χ4n) is 2.47. The molecule has 2 N–H and O–H groups in total. The van der Waals surface area contributed by atoms with Gasteiger partial charge in [-0.25, -0.2) is 13.1 Å². The van der Waals surface area contributed by atoms with E-state index < -0.39 is 27.0 Å². The Morgan fingerprint density at radius 2 is 2.14 bits per heavy atom. The summed E-state index contributed by atoms with van der Waals surface area (Å²) in [6.07, 6.45) is -0.526. The molecule has 0 aliphatic carbocycles. The van der Waals surface area contributed by atoms with Crippen molar-refractivity contribution in [1.82, 2.24) is 10.0 Å². The molecule has 2 heterocycles. The molecular formula is C16H15ClN4O6S2. The molecule has 29 heavy (non-hydrogen) atoms. The highest BCUT2D eigenvalue weighted by atomic mass is 35.5. The van der Waals surface area contributed by atoms with Crippen LogP contribution in [0.15, 0.2) is 46.4 Å². The summed E-state index contributed by atoms with van der Waals surface area (Å²) in [4.78, 5) is 28.0. The molecule has 0 saturated heterocycles. The number of rotatable bonds is 8. The van der Waals surface area contributed by atoms with Crippen molar-refractivity contribution in [3.05, 3.63) is 55.7 Å². The van der Waals surface area contributed by atoms with Crippen molar-refractivity contribution in [3.63, 3.8) is 0 Å². The van der Waals surface area contributed by atoms with Crippen LogP contribution in [0.25, 0.3) is 0 Å². The number of nitro benzene ring substituents is 1. The third kappa shape index (κ3) is 5.29. The van der Waals surface area contributed by atoms with Gasteiger partial charge in [0, 0.05) is 31.6 Å². The van der Waals surface area contributed by atoms with Gasteiger partial charge in [0.2, 0.25) is 16.1 Å². The van der Waals surface area contributed by atoms with Crippen molar-refractivity contribution in [1.29, 1.82) is 0 Å². The highest BCUT2D eigenvalue weighted by Crippen LogP contribution is 2.26. The number of nitro groups is 1. The van der Waals surface area contributed by atoms with E-state index in [1.807, 2.05) is 0 Å². The topological polar surface area (TPSA) is 140 Å². The molecule has 1 amide bonds. The number of oxime groups is 1. The van der Waals surface area contributed by atoms with Crippen LogP contribution in [0, 0.1) is 10.1 Å². The lowest BCUT2D eigenvalue weighted by Gasteiger charge is -2.10. The lowest BCUT2D eigenvalue weighted by Crippen LogP contribution is -2.39. The van der Waals surface area contributed by atoms with Crippen LogP contribution in [0.4, 0.5) is 5.69 Å². The number of amides is 1. The summed E-state index contributed by atoms with van der Waals surface area (Å²) in [5.74, 6) is -0.430. The van der Waals surface area contributed by atoms with Crippen LogP contribution in [-0.4, -0.2) is 44.2 Å². The van der Waals surface area contributed by atoms with Gasteiger partial charge in [-0.3, -0.25) is 14.9 Å². The molecule has 0 fully saturated rings. The van der Waals surface area contributed by atoms with E-state index in [0.717, 1.165) is 10.9 Å². The summed E-state index contributed by atoms with van der Waals surface area (Å²) < 4.78 is 27.3. The summed E-state index contributed by atoms with van der Waals surface area (Å²) in [6, 6.07) is 8.20. The Morgan fingerprint density at radius 1 is 1.34 bits per heavy atom. The van der Waals surface area contributed by atoms with Crippen molar-refractivity contribution < 1.29 is 23.0 Å². The number of non-ortho nitro benzene ring substituents is 1. The normalized spacial score (nSPS) is 16.2. The SMILES string of the molecule is O=C(NCCNS(=O)(=O)c1cccc([N+](=O)[O-])c1)C1CC(c2ccc(Cl)s2)=NO1. The summed E-state index contributed by atoms with van der Waals surface area (Å²) >= 11 is 7.21. The molecule has 13 heteroatoms. The maximum atomic E-state index is 12.2. The van der Waals surface area contributed by atoms with E-state index >= 15 is 0 Å². The van der Waals surface area contributed by atoms with Crippen molar-refractivity contribution in [2.75, 3.05) is 13.1 Å². The molecule has 3 rings (SSSR count). The third-order valence-corrected chi connectivity index (χ3v) is 6.61. The van der Waals surface area contributed by atoms with Crippen LogP contribution < -0.4 is 10.0 Å². The van der Waals surface area contributed by atoms with E-state index in [0.29, 0.717) is 10.0 Å². The minimum absolute atomic E-state index is 0.00696. The molecule has 0 bridgehead atoms. The number of nitrogens with zero attached hydrogens (tertiary/aromatic N) is 2. The van der Waals surface area contributed by atoms with Crippen LogP contribution >= 0.6 is 22.9 Å². The first-order valence-corrected chi connectivity index (χ1v) is 10.9. The van der Waals surface area contributed by atoms with E-state index in [4.69, 9.17) is 16.4 Å². The van der Waals surface area contributed by atoms with Gasteiger partial charge < -0.3 is 10.2 Å². The fourth-order valence-corrected chi connectivity index (χ4v) is 4.57. The number of nitrogens with one attached hydrogen (secondary N) is 2. The quantitative estimate of drug-likeness (QED) is 0.351. The average molecular weight is 459 g/mol. The van der Waals surface area contributed by atoms with Crippen LogP contribution in [0.1, 0.15) is 11.3 Å². The summed E-state index contributed by atoms with van der Waals surface area (Å²) in [5, 5.41) is 17.2. The van der Waals surface area contributed by atoms with E-state index in [1.54, 1.807) is 12.1 Å². The van der Waals surface area contributed by atoms with Crippen molar-refractivity contribution >= 4 is 50.3 Å². The van der Waals surface area contributed by atoms with E-state index in [-0.39, 0.29) is 30.1 Å². The molecular weight excluding hydrogens is 444 g/mol. The monoisotopic (exact) mass is 458 g/mol. The second kappa shape index (κ2) is 8.86. The van der Waals surface area contributed by atoms with Crippen LogP contribution in [-0.2, 0) is 19.7 Å². The molecule has 1 aromatic carbocycles. The van der Waals surface area contributed by atoms with Crippen LogP contribution in [0.5, 0.6) is 0 Å². The number of halogens is 1. The van der Waals surface area contributed by atoms with Gasteiger partial charge in [0.15, 0.2) is 0 Å². The largest absolute Gasteiger partial charge is 0.382 e. The first kappa shape index (κ1) is 21.2. The number of carbonyl (C=O) groups is 1. The number of hydrogen-bond donors (Lipinski definition) is 2. The Balaban J connectivity index is 1.46. The van der Waals surface area contributed by atoms with E-state index in [2.05, 4.69) is 15.2 Å². The first-order valence-electron chi connectivity index (χ1n) is 8.26. The molecule has 0 radical (unpaired) electrons. The van der Waals surface area contributed by atoms with Crippen molar-refractivity contribution in [2.45, 2.75) is 17.4 Å². The Bertz CT molecular complexity index is 1070. The second-order valence-corrected chi connectivity index (χ2v) is 9.37. The molecule has 0 saturated carbocycles. The molecule has 154 valence electrons. The lowest BCUT2D eigenvalue weighted by atomic mass is 10.1. The minimum Gasteiger partial charge on any atom is -0.382 e. The Labute approximate surface area is 174 Å². The van der Waals surface area contributed by atoms with Gasteiger partial charge in [0.1, 0.15) is 5.71 Å². The minimum atomic E-state index is -3.95. The lowest BCUT2D eigenvalue weighted by molar-refractivity contribution is -0.385. The van der Waals surface area contributed by atoms with E-state index in [9.17, 15) is 23.3 Å². The Morgan fingerprint density at radius 3 is 2.83 bits per heavy atom. The number of hydrogen-bond acceptors (Lipinski definition) is 8. The van der Waals surface area contributed by atoms with Gasteiger partial charge in [0.05, 0.1) is 19.0 Å². The molecule has 1 unspecified atom stereocenters. The standard InChI is InChI=1S/C16H15ClN4O6S2/c17-15-5-4-14(28-15)12-9-13(27-20-12)16(22)18-6-7-19-29(25,26)11-3-1-2-10(8-11)21(23)24/h1-5,8,13,19H,6-7,9H2,(H,18,22). The summed E-state index contributed by atoms with van der Waals surface area (Å²) in [5.41, 5.74) is 0.288. The number of benzene rings is 1. The van der Waals surface area contributed by atoms with E-state index in [1.165, 1.54) is 29.5 Å². The highest BCUT2D eigenvalue weighted by Gasteiger charge is 2.29. The van der Waals surface area contributed by atoms with Gasteiger partial charge in [-0.05, 0) is 18.2 Å². The molecule has 2 aromatic rings.